The number of nitrogen functional groups attached to an aromatic ring is 1. The summed E-state index contributed by atoms with van der Waals surface area (Å²) < 4.78 is 0. The van der Waals surface area contributed by atoms with Gasteiger partial charge in [0.05, 0.1) is 11.4 Å². The summed E-state index contributed by atoms with van der Waals surface area (Å²) in [6.07, 6.45) is 0. The fourth-order valence-electron chi connectivity index (χ4n) is 2.19. The number of hydrogen-bond acceptors (Lipinski definition) is 3. The third-order valence-electron chi connectivity index (χ3n) is 3.19. The van der Waals surface area contributed by atoms with Crippen LogP contribution in [-0.4, -0.2) is 19.5 Å². The second-order valence-corrected chi connectivity index (χ2v) is 4.43. The standard InChI is InChI=1S/C16H19N3O/c1-3-19(13-7-5-4-6-8-13)15-10-9-12(11-14(15)17)16(20)18-2/h4-11H,3,17H2,1-2H3,(H,18,20). The molecular formula is C16H19N3O. The maximum absolute atomic E-state index is 11.6. The highest BCUT2D eigenvalue weighted by Gasteiger charge is 2.12. The van der Waals surface area contributed by atoms with Gasteiger partial charge in [-0.15, -0.1) is 0 Å². The van der Waals surface area contributed by atoms with Crippen LogP contribution in [0.5, 0.6) is 0 Å². The predicted octanol–water partition coefficient (Wildman–Crippen LogP) is 2.79. The van der Waals surface area contributed by atoms with Crippen LogP contribution in [0.25, 0.3) is 0 Å². The average Bonchev–Trinajstić information content (AvgIpc) is 2.49. The fraction of sp³-hybridized carbons (Fsp3) is 0.188. The maximum atomic E-state index is 11.6. The normalized spacial score (nSPS) is 10.1. The monoisotopic (exact) mass is 269 g/mol. The van der Waals surface area contributed by atoms with E-state index in [1.165, 1.54) is 0 Å². The van der Waals surface area contributed by atoms with E-state index in [0.717, 1.165) is 17.9 Å². The van der Waals surface area contributed by atoms with Crippen molar-refractivity contribution in [3.8, 4) is 0 Å². The maximum Gasteiger partial charge on any atom is 0.251 e. The molecule has 2 aromatic carbocycles. The molecule has 1 amide bonds. The zero-order chi connectivity index (χ0) is 14.5. The molecule has 0 spiro atoms. The average molecular weight is 269 g/mol. The summed E-state index contributed by atoms with van der Waals surface area (Å²) in [7, 11) is 1.61. The molecular weight excluding hydrogens is 250 g/mol. The SMILES string of the molecule is CCN(c1ccccc1)c1ccc(C(=O)NC)cc1N. The molecule has 4 nitrogen and oxygen atoms in total. The topological polar surface area (TPSA) is 58.4 Å². The second kappa shape index (κ2) is 6.10. The van der Waals surface area contributed by atoms with Crippen LogP contribution in [0.1, 0.15) is 17.3 Å². The van der Waals surface area contributed by atoms with Crippen molar-refractivity contribution in [1.82, 2.24) is 5.32 Å². The van der Waals surface area contributed by atoms with Crippen LogP contribution < -0.4 is 16.0 Å². The van der Waals surface area contributed by atoms with Gasteiger partial charge in [0.15, 0.2) is 0 Å². The molecule has 0 aliphatic carbocycles. The fourth-order valence-corrected chi connectivity index (χ4v) is 2.19. The lowest BCUT2D eigenvalue weighted by atomic mass is 10.1. The van der Waals surface area contributed by atoms with Gasteiger partial charge in [-0.2, -0.15) is 0 Å². The number of nitrogens with zero attached hydrogens (tertiary/aromatic N) is 1. The Morgan fingerprint density at radius 3 is 2.45 bits per heavy atom. The summed E-state index contributed by atoms with van der Waals surface area (Å²) >= 11 is 0. The summed E-state index contributed by atoms with van der Waals surface area (Å²) in [5, 5.41) is 2.59. The first-order valence-electron chi connectivity index (χ1n) is 6.61. The Bertz CT molecular complexity index is 596. The van der Waals surface area contributed by atoms with Crippen molar-refractivity contribution in [3.63, 3.8) is 0 Å². The molecule has 20 heavy (non-hydrogen) atoms. The third-order valence-corrected chi connectivity index (χ3v) is 3.19. The summed E-state index contributed by atoms with van der Waals surface area (Å²) in [6, 6.07) is 15.4. The zero-order valence-electron chi connectivity index (χ0n) is 11.8. The first kappa shape index (κ1) is 13.9. The lowest BCUT2D eigenvalue weighted by Gasteiger charge is -2.25. The number of nitrogens with two attached hydrogens (primary N) is 1. The molecule has 0 fully saturated rings. The highest BCUT2D eigenvalue weighted by Crippen LogP contribution is 2.30. The first-order valence-corrected chi connectivity index (χ1v) is 6.61. The van der Waals surface area contributed by atoms with Crippen molar-refractivity contribution < 1.29 is 4.79 Å². The summed E-state index contributed by atoms with van der Waals surface area (Å²) in [5.41, 5.74) is 9.25. The number of carbonyl (C=O) groups excluding carboxylic acids is 1. The van der Waals surface area contributed by atoms with E-state index in [2.05, 4.69) is 17.1 Å². The molecule has 0 aliphatic rings. The third kappa shape index (κ3) is 2.74. The molecule has 104 valence electrons. The Hall–Kier alpha value is -2.49. The highest BCUT2D eigenvalue weighted by atomic mass is 16.1. The lowest BCUT2D eigenvalue weighted by molar-refractivity contribution is 0.0963. The molecule has 0 heterocycles. The van der Waals surface area contributed by atoms with Crippen LogP contribution in [0.15, 0.2) is 48.5 Å². The molecule has 3 N–H and O–H groups in total. The molecule has 2 aromatic rings. The van der Waals surface area contributed by atoms with Gasteiger partial charge in [0.1, 0.15) is 0 Å². The number of amides is 1. The summed E-state index contributed by atoms with van der Waals surface area (Å²) in [4.78, 5) is 13.7. The van der Waals surface area contributed by atoms with Gasteiger partial charge in [-0.3, -0.25) is 4.79 Å². The van der Waals surface area contributed by atoms with Crippen molar-refractivity contribution in [2.24, 2.45) is 0 Å². The molecule has 2 rings (SSSR count). The molecule has 0 unspecified atom stereocenters. The number of nitrogens with one attached hydrogen (secondary N) is 1. The zero-order valence-corrected chi connectivity index (χ0v) is 11.8. The largest absolute Gasteiger partial charge is 0.397 e. The molecule has 0 bridgehead atoms. The number of anilines is 3. The van der Waals surface area contributed by atoms with E-state index < -0.39 is 0 Å². The predicted molar refractivity (Wildman–Crippen MR) is 83.4 cm³/mol. The van der Waals surface area contributed by atoms with Crippen LogP contribution >= 0.6 is 0 Å². The van der Waals surface area contributed by atoms with Gasteiger partial charge in [-0.25, -0.2) is 0 Å². The Labute approximate surface area is 119 Å². The van der Waals surface area contributed by atoms with Gasteiger partial charge < -0.3 is 16.0 Å². The Kier molecular flexibility index (Phi) is 4.25. The molecule has 0 saturated heterocycles. The van der Waals surface area contributed by atoms with Gasteiger partial charge in [0, 0.05) is 24.8 Å². The van der Waals surface area contributed by atoms with Crippen molar-refractivity contribution in [3.05, 3.63) is 54.1 Å². The molecule has 0 radical (unpaired) electrons. The summed E-state index contributed by atoms with van der Waals surface area (Å²) in [5.74, 6) is -0.133. The van der Waals surface area contributed by atoms with Crippen LogP contribution in [0.3, 0.4) is 0 Å². The Balaban J connectivity index is 2.39. The van der Waals surface area contributed by atoms with Gasteiger partial charge in [-0.05, 0) is 37.3 Å². The Morgan fingerprint density at radius 2 is 1.90 bits per heavy atom. The highest BCUT2D eigenvalue weighted by molar-refractivity contribution is 5.96. The van der Waals surface area contributed by atoms with Gasteiger partial charge in [0.25, 0.3) is 5.91 Å². The van der Waals surface area contributed by atoms with Crippen LogP contribution in [-0.2, 0) is 0 Å². The van der Waals surface area contributed by atoms with E-state index in [4.69, 9.17) is 5.73 Å². The van der Waals surface area contributed by atoms with Crippen LogP contribution in [0.4, 0.5) is 17.1 Å². The first-order chi connectivity index (χ1) is 9.67. The minimum Gasteiger partial charge on any atom is -0.397 e. The van der Waals surface area contributed by atoms with Crippen LogP contribution in [0.2, 0.25) is 0 Å². The van der Waals surface area contributed by atoms with E-state index >= 15 is 0 Å². The summed E-state index contributed by atoms with van der Waals surface area (Å²) in [6.45, 7) is 2.87. The number of hydrogen-bond donors (Lipinski definition) is 2. The molecule has 4 heteroatoms. The second-order valence-electron chi connectivity index (χ2n) is 4.43. The van der Waals surface area contributed by atoms with E-state index in [9.17, 15) is 4.79 Å². The molecule has 0 atom stereocenters. The number of carbonyl (C=O) groups is 1. The van der Waals surface area contributed by atoms with Crippen molar-refractivity contribution in [2.45, 2.75) is 6.92 Å². The lowest BCUT2D eigenvalue weighted by Crippen LogP contribution is -2.20. The number of para-hydroxylation sites is 1. The number of benzene rings is 2. The van der Waals surface area contributed by atoms with E-state index in [0.29, 0.717) is 11.3 Å². The van der Waals surface area contributed by atoms with Crippen molar-refractivity contribution >= 4 is 23.0 Å². The van der Waals surface area contributed by atoms with E-state index in [-0.39, 0.29) is 5.91 Å². The van der Waals surface area contributed by atoms with Gasteiger partial charge in [0.2, 0.25) is 0 Å². The quantitative estimate of drug-likeness (QED) is 0.839. The molecule has 0 saturated carbocycles. The smallest absolute Gasteiger partial charge is 0.251 e. The molecule has 0 aromatic heterocycles. The van der Waals surface area contributed by atoms with Crippen molar-refractivity contribution in [1.29, 1.82) is 0 Å². The van der Waals surface area contributed by atoms with Gasteiger partial charge >= 0.3 is 0 Å². The van der Waals surface area contributed by atoms with Gasteiger partial charge in [-0.1, -0.05) is 18.2 Å². The van der Waals surface area contributed by atoms with Crippen LogP contribution in [0, 0.1) is 0 Å². The molecule has 0 aliphatic heterocycles. The van der Waals surface area contributed by atoms with E-state index in [1.54, 1.807) is 19.2 Å². The minimum atomic E-state index is -0.133. The van der Waals surface area contributed by atoms with E-state index in [1.807, 2.05) is 36.4 Å². The van der Waals surface area contributed by atoms with Crippen molar-refractivity contribution in [2.75, 3.05) is 24.2 Å². The minimum absolute atomic E-state index is 0.133. The Morgan fingerprint density at radius 1 is 1.20 bits per heavy atom. The number of rotatable bonds is 4.